The third kappa shape index (κ3) is 3.40. The van der Waals surface area contributed by atoms with Gasteiger partial charge in [0.25, 0.3) is 11.1 Å². The molecule has 0 radical (unpaired) electrons. The van der Waals surface area contributed by atoms with Crippen molar-refractivity contribution in [1.82, 2.24) is 10.2 Å². The molecule has 2 fully saturated rings. The van der Waals surface area contributed by atoms with Crippen molar-refractivity contribution < 1.29 is 19.1 Å². The smallest absolute Gasteiger partial charge is 0.289 e. The summed E-state index contributed by atoms with van der Waals surface area (Å²) in [5.74, 6) is 0.545. The van der Waals surface area contributed by atoms with Crippen molar-refractivity contribution in [3.63, 3.8) is 0 Å². The Labute approximate surface area is 144 Å². The highest BCUT2D eigenvalue weighted by atomic mass is 32.2. The van der Waals surface area contributed by atoms with Crippen LogP contribution in [0.4, 0.5) is 4.79 Å². The van der Waals surface area contributed by atoms with Gasteiger partial charge in [0.05, 0.1) is 24.9 Å². The summed E-state index contributed by atoms with van der Waals surface area (Å²) < 4.78 is 5.09. The summed E-state index contributed by atoms with van der Waals surface area (Å²) in [6, 6.07) is 6.44. The number of carbonyl (C=O) groups excluding carboxylic acids is 3. The number of hydrogen-bond acceptors (Lipinski definition) is 5. The fourth-order valence-corrected chi connectivity index (χ4v) is 4.03. The Balaban J connectivity index is 1.72. The lowest BCUT2D eigenvalue weighted by molar-refractivity contribution is -0.127. The van der Waals surface area contributed by atoms with E-state index < -0.39 is 0 Å². The molecule has 24 heavy (non-hydrogen) atoms. The van der Waals surface area contributed by atoms with Crippen LogP contribution >= 0.6 is 11.8 Å². The first-order valence-corrected chi connectivity index (χ1v) is 9.02. The van der Waals surface area contributed by atoms with Crippen LogP contribution in [0.2, 0.25) is 0 Å². The maximum atomic E-state index is 12.5. The predicted molar refractivity (Wildman–Crippen MR) is 91.2 cm³/mol. The number of ether oxygens (including phenoxy) is 1. The maximum absolute atomic E-state index is 12.5. The molecule has 1 aliphatic carbocycles. The molecule has 1 heterocycles. The van der Waals surface area contributed by atoms with Gasteiger partial charge >= 0.3 is 0 Å². The summed E-state index contributed by atoms with van der Waals surface area (Å²) in [6.45, 7) is 0. The fourth-order valence-electron chi connectivity index (χ4n) is 3.27. The minimum atomic E-state index is -0.240. The minimum absolute atomic E-state index is 0.152. The average molecular weight is 348 g/mol. The maximum Gasteiger partial charge on any atom is 0.289 e. The normalized spacial score (nSPS) is 24.1. The number of hydrogen-bond donors (Lipinski definition) is 1. The number of nitrogens with zero attached hydrogens (tertiary/aromatic N) is 1. The molecule has 0 bridgehead atoms. The Hall–Kier alpha value is -2.02. The van der Waals surface area contributed by atoms with Crippen LogP contribution < -0.4 is 10.1 Å². The number of benzene rings is 1. The molecule has 0 spiro atoms. The van der Waals surface area contributed by atoms with Gasteiger partial charge in [0.2, 0.25) is 5.91 Å². The molecule has 6 nitrogen and oxygen atoms in total. The minimum Gasteiger partial charge on any atom is -0.497 e. The molecule has 7 heteroatoms. The monoisotopic (exact) mass is 348 g/mol. The standard InChI is InChI=1S/C17H20N2O4S/c1-23-12-8-6-11(7-9-12)16(21)18-13-4-2-3-5-14(13)19-15(20)10-24-17(19)22/h6-9,13-14H,2-5,10H2,1H3,(H,18,21). The highest BCUT2D eigenvalue weighted by Gasteiger charge is 2.41. The molecule has 1 aliphatic heterocycles. The SMILES string of the molecule is COc1ccc(C(=O)NC2CCCCC2N2C(=O)CSC2=O)cc1. The summed E-state index contributed by atoms with van der Waals surface area (Å²) in [7, 11) is 1.57. The largest absolute Gasteiger partial charge is 0.497 e. The molecule has 1 aromatic rings. The molecule has 3 rings (SSSR count). The number of amides is 3. The highest BCUT2D eigenvalue weighted by molar-refractivity contribution is 8.14. The topological polar surface area (TPSA) is 75.7 Å². The van der Waals surface area contributed by atoms with Crippen LogP contribution in [0.5, 0.6) is 5.75 Å². The van der Waals surface area contributed by atoms with E-state index in [0.717, 1.165) is 37.4 Å². The Morgan fingerprint density at radius 3 is 2.54 bits per heavy atom. The van der Waals surface area contributed by atoms with E-state index in [0.29, 0.717) is 11.3 Å². The van der Waals surface area contributed by atoms with E-state index in [1.165, 1.54) is 4.90 Å². The third-order valence-electron chi connectivity index (χ3n) is 4.51. The highest BCUT2D eigenvalue weighted by Crippen LogP contribution is 2.30. The second-order valence-corrected chi connectivity index (χ2v) is 6.91. The quantitative estimate of drug-likeness (QED) is 0.904. The van der Waals surface area contributed by atoms with E-state index >= 15 is 0 Å². The van der Waals surface area contributed by atoms with Crippen LogP contribution in [0.25, 0.3) is 0 Å². The molecule has 1 saturated heterocycles. The molecule has 128 valence electrons. The van der Waals surface area contributed by atoms with Crippen molar-refractivity contribution >= 4 is 28.8 Å². The van der Waals surface area contributed by atoms with E-state index in [1.54, 1.807) is 31.4 Å². The zero-order valence-electron chi connectivity index (χ0n) is 13.5. The first-order valence-electron chi connectivity index (χ1n) is 8.04. The summed E-state index contributed by atoms with van der Waals surface area (Å²) in [5, 5.41) is 2.81. The summed E-state index contributed by atoms with van der Waals surface area (Å²) in [4.78, 5) is 37.9. The lowest BCUT2D eigenvalue weighted by Gasteiger charge is -2.36. The Bertz CT molecular complexity index is 630. The van der Waals surface area contributed by atoms with E-state index in [1.807, 2.05) is 0 Å². The van der Waals surface area contributed by atoms with Gasteiger partial charge in [-0.2, -0.15) is 0 Å². The van der Waals surface area contributed by atoms with Crippen molar-refractivity contribution in [2.45, 2.75) is 37.8 Å². The molecule has 2 aliphatic rings. The van der Waals surface area contributed by atoms with Gasteiger partial charge in [0.15, 0.2) is 0 Å². The van der Waals surface area contributed by atoms with Gasteiger partial charge in [-0.15, -0.1) is 0 Å². The third-order valence-corrected chi connectivity index (χ3v) is 5.35. The van der Waals surface area contributed by atoms with Gasteiger partial charge in [-0.3, -0.25) is 19.3 Å². The first-order chi connectivity index (χ1) is 11.6. The molecular formula is C17H20N2O4S. The summed E-state index contributed by atoms with van der Waals surface area (Å²) in [5.41, 5.74) is 0.536. The van der Waals surface area contributed by atoms with Crippen molar-refractivity contribution in [3.05, 3.63) is 29.8 Å². The first kappa shape index (κ1) is 16.8. The molecule has 1 aromatic carbocycles. The van der Waals surface area contributed by atoms with Crippen molar-refractivity contribution in [1.29, 1.82) is 0 Å². The van der Waals surface area contributed by atoms with Gasteiger partial charge in [-0.1, -0.05) is 24.6 Å². The van der Waals surface area contributed by atoms with E-state index in [4.69, 9.17) is 4.74 Å². The Morgan fingerprint density at radius 2 is 1.92 bits per heavy atom. The second kappa shape index (κ2) is 7.25. The van der Waals surface area contributed by atoms with Crippen LogP contribution in [0.1, 0.15) is 36.0 Å². The number of thioether (sulfide) groups is 1. The van der Waals surface area contributed by atoms with Gasteiger partial charge in [0, 0.05) is 5.56 Å². The van der Waals surface area contributed by atoms with E-state index in [2.05, 4.69) is 5.32 Å². The van der Waals surface area contributed by atoms with Gasteiger partial charge in [-0.25, -0.2) is 0 Å². The molecule has 2 atom stereocenters. The summed E-state index contributed by atoms with van der Waals surface area (Å²) in [6.07, 6.45) is 3.45. The number of carbonyl (C=O) groups is 3. The number of rotatable bonds is 4. The predicted octanol–water partition coefficient (Wildman–Crippen LogP) is 2.43. The van der Waals surface area contributed by atoms with Gasteiger partial charge in [-0.05, 0) is 37.1 Å². The molecule has 1 saturated carbocycles. The molecule has 0 aromatic heterocycles. The lowest BCUT2D eigenvalue weighted by Crippen LogP contribution is -2.54. The zero-order chi connectivity index (χ0) is 17.1. The van der Waals surface area contributed by atoms with Crippen molar-refractivity contribution in [2.24, 2.45) is 0 Å². The van der Waals surface area contributed by atoms with Gasteiger partial charge in [0.1, 0.15) is 5.75 Å². The number of imide groups is 1. The van der Waals surface area contributed by atoms with Crippen LogP contribution in [0.3, 0.4) is 0 Å². The van der Waals surface area contributed by atoms with Crippen LogP contribution in [0, 0.1) is 0 Å². The summed E-state index contributed by atoms with van der Waals surface area (Å²) >= 11 is 1.04. The molecule has 3 amide bonds. The number of nitrogens with one attached hydrogen (secondary N) is 1. The molecule has 1 N–H and O–H groups in total. The Morgan fingerprint density at radius 1 is 1.21 bits per heavy atom. The van der Waals surface area contributed by atoms with Crippen molar-refractivity contribution in [2.75, 3.05) is 12.9 Å². The zero-order valence-corrected chi connectivity index (χ0v) is 14.3. The fraction of sp³-hybridized carbons (Fsp3) is 0.471. The van der Waals surface area contributed by atoms with E-state index in [-0.39, 0.29) is 34.9 Å². The van der Waals surface area contributed by atoms with E-state index in [9.17, 15) is 14.4 Å². The lowest BCUT2D eigenvalue weighted by atomic mass is 9.89. The number of methoxy groups -OCH3 is 1. The molecular weight excluding hydrogens is 328 g/mol. The van der Waals surface area contributed by atoms with Crippen LogP contribution in [-0.2, 0) is 4.79 Å². The Kier molecular flexibility index (Phi) is 5.08. The van der Waals surface area contributed by atoms with Crippen molar-refractivity contribution in [3.8, 4) is 5.75 Å². The van der Waals surface area contributed by atoms with Crippen LogP contribution in [0.15, 0.2) is 24.3 Å². The second-order valence-electron chi connectivity index (χ2n) is 5.98. The van der Waals surface area contributed by atoms with Gasteiger partial charge < -0.3 is 10.1 Å². The average Bonchev–Trinajstić information content (AvgIpc) is 2.94. The molecule has 2 unspecified atom stereocenters. The van der Waals surface area contributed by atoms with Crippen LogP contribution in [-0.4, -0.2) is 46.9 Å².